The normalized spacial score (nSPS) is 16.6. The summed E-state index contributed by atoms with van der Waals surface area (Å²) >= 11 is 0. The lowest BCUT2D eigenvalue weighted by atomic mass is 9.96. The van der Waals surface area contributed by atoms with Crippen molar-refractivity contribution < 1.29 is 0 Å². The van der Waals surface area contributed by atoms with Crippen LogP contribution in [0.5, 0.6) is 0 Å². The van der Waals surface area contributed by atoms with Crippen molar-refractivity contribution in [2.45, 2.75) is 65.3 Å². The molecule has 0 aromatic heterocycles. The second-order valence-corrected chi connectivity index (χ2v) is 6.16. The molecule has 2 rings (SSSR count). The molecule has 1 aliphatic rings. The molecule has 0 saturated heterocycles. The molecular weight excluding hydrogens is 230 g/mol. The zero-order chi connectivity index (χ0) is 13.7. The Balaban J connectivity index is 1.81. The molecule has 0 spiro atoms. The van der Waals surface area contributed by atoms with E-state index in [0.29, 0.717) is 0 Å². The fraction of sp³-hybridized carbons (Fsp3) is 0.667. The zero-order valence-electron chi connectivity index (χ0n) is 12.8. The molecular formula is C18H29N. The van der Waals surface area contributed by atoms with Gasteiger partial charge in [0, 0.05) is 6.04 Å². The van der Waals surface area contributed by atoms with Crippen LogP contribution in [0, 0.1) is 19.8 Å². The van der Waals surface area contributed by atoms with Crippen LogP contribution in [0.2, 0.25) is 0 Å². The summed E-state index contributed by atoms with van der Waals surface area (Å²) in [6.07, 6.45) is 8.06. The van der Waals surface area contributed by atoms with E-state index in [1.165, 1.54) is 56.2 Å². The second-order valence-electron chi connectivity index (χ2n) is 6.16. The van der Waals surface area contributed by atoms with E-state index < -0.39 is 0 Å². The van der Waals surface area contributed by atoms with Crippen molar-refractivity contribution in [1.82, 2.24) is 5.32 Å². The van der Waals surface area contributed by atoms with Crippen LogP contribution < -0.4 is 5.32 Å². The fourth-order valence-electron chi connectivity index (χ4n) is 3.07. The van der Waals surface area contributed by atoms with Crippen molar-refractivity contribution in [1.29, 1.82) is 0 Å². The summed E-state index contributed by atoms with van der Waals surface area (Å²) in [6, 6.07) is 7.44. The molecule has 0 heterocycles. The van der Waals surface area contributed by atoms with Gasteiger partial charge in [-0.2, -0.15) is 0 Å². The van der Waals surface area contributed by atoms with Crippen molar-refractivity contribution in [2.24, 2.45) is 5.92 Å². The third kappa shape index (κ3) is 4.35. The average molecular weight is 259 g/mol. The Morgan fingerprint density at radius 3 is 2.47 bits per heavy atom. The lowest BCUT2D eigenvalue weighted by Crippen LogP contribution is -2.31. The predicted molar refractivity (Wildman–Crippen MR) is 83.7 cm³/mol. The van der Waals surface area contributed by atoms with Gasteiger partial charge in [0.1, 0.15) is 0 Å². The highest BCUT2D eigenvalue weighted by molar-refractivity contribution is 5.33. The molecule has 19 heavy (non-hydrogen) atoms. The van der Waals surface area contributed by atoms with Crippen molar-refractivity contribution in [3.63, 3.8) is 0 Å². The molecule has 1 heteroatoms. The summed E-state index contributed by atoms with van der Waals surface area (Å²) in [5.41, 5.74) is 4.50. The maximum atomic E-state index is 3.75. The van der Waals surface area contributed by atoms with Crippen molar-refractivity contribution in [2.75, 3.05) is 6.54 Å². The zero-order valence-corrected chi connectivity index (χ0v) is 12.8. The molecule has 1 atom stereocenters. The van der Waals surface area contributed by atoms with Crippen LogP contribution in [0.15, 0.2) is 18.2 Å². The van der Waals surface area contributed by atoms with Gasteiger partial charge in [0.05, 0.1) is 0 Å². The van der Waals surface area contributed by atoms with Crippen molar-refractivity contribution in [3.8, 4) is 0 Å². The van der Waals surface area contributed by atoms with Gasteiger partial charge in [0.15, 0.2) is 0 Å². The van der Waals surface area contributed by atoms with Gasteiger partial charge in [0.2, 0.25) is 0 Å². The molecule has 1 aliphatic carbocycles. The van der Waals surface area contributed by atoms with Crippen LogP contribution in [-0.4, -0.2) is 12.6 Å². The summed E-state index contributed by atoms with van der Waals surface area (Å²) in [6.45, 7) is 7.93. The summed E-state index contributed by atoms with van der Waals surface area (Å²) in [5, 5.41) is 3.75. The van der Waals surface area contributed by atoms with Crippen LogP contribution in [0.1, 0.15) is 55.7 Å². The van der Waals surface area contributed by atoms with E-state index in [-0.39, 0.29) is 0 Å². The first kappa shape index (κ1) is 14.6. The maximum absolute atomic E-state index is 3.75. The average Bonchev–Trinajstić information content (AvgIpc) is 3.21. The number of aryl methyl sites for hydroxylation is 2. The van der Waals surface area contributed by atoms with Crippen molar-refractivity contribution >= 4 is 0 Å². The smallest absolute Gasteiger partial charge is 0.00954 e. The Kier molecular flexibility index (Phi) is 5.45. The minimum Gasteiger partial charge on any atom is -0.314 e. The summed E-state index contributed by atoms with van der Waals surface area (Å²) in [7, 11) is 0. The molecule has 1 N–H and O–H groups in total. The molecule has 0 amide bonds. The van der Waals surface area contributed by atoms with E-state index in [1.54, 1.807) is 5.56 Å². The number of hydrogen-bond acceptors (Lipinski definition) is 1. The first-order valence-electron chi connectivity index (χ1n) is 8.00. The molecule has 0 bridgehead atoms. The largest absolute Gasteiger partial charge is 0.314 e. The van der Waals surface area contributed by atoms with Crippen LogP contribution in [0.25, 0.3) is 0 Å². The first-order valence-corrected chi connectivity index (χ1v) is 8.00. The third-order valence-corrected chi connectivity index (χ3v) is 4.43. The Labute approximate surface area is 118 Å². The second kappa shape index (κ2) is 7.09. The molecule has 106 valence electrons. The van der Waals surface area contributed by atoms with Crippen LogP contribution in [0.4, 0.5) is 0 Å². The number of benzene rings is 1. The number of hydrogen-bond donors (Lipinski definition) is 1. The van der Waals surface area contributed by atoms with Gasteiger partial charge >= 0.3 is 0 Å². The number of rotatable bonds is 8. The van der Waals surface area contributed by atoms with Gasteiger partial charge in [-0.05, 0) is 81.5 Å². The summed E-state index contributed by atoms with van der Waals surface area (Å²) in [5.74, 6) is 0.976. The van der Waals surface area contributed by atoms with E-state index in [0.717, 1.165) is 12.0 Å². The molecule has 1 aromatic carbocycles. The molecule has 0 radical (unpaired) electrons. The van der Waals surface area contributed by atoms with E-state index in [2.05, 4.69) is 44.3 Å². The minimum absolute atomic E-state index is 0.782. The third-order valence-electron chi connectivity index (χ3n) is 4.43. The first-order chi connectivity index (χ1) is 9.22. The molecule has 1 unspecified atom stereocenters. The van der Waals surface area contributed by atoms with Crippen LogP contribution in [-0.2, 0) is 6.42 Å². The Morgan fingerprint density at radius 2 is 1.89 bits per heavy atom. The molecule has 1 saturated carbocycles. The highest BCUT2D eigenvalue weighted by Gasteiger charge is 2.30. The Bertz CT molecular complexity index is 372. The highest BCUT2D eigenvalue weighted by atomic mass is 14.9. The minimum atomic E-state index is 0.782. The van der Waals surface area contributed by atoms with Gasteiger partial charge in [0.25, 0.3) is 0 Å². The predicted octanol–water partition coefficient (Wildman–Crippen LogP) is 4.40. The maximum Gasteiger partial charge on any atom is 0.00954 e. The van der Waals surface area contributed by atoms with Crippen molar-refractivity contribution in [3.05, 3.63) is 34.9 Å². The quantitative estimate of drug-likeness (QED) is 0.729. The summed E-state index contributed by atoms with van der Waals surface area (Å²) in [4.78, 5) is 0. The molecule has 1 nitrogen and oxygen atoms in total. The van der Waals surface area contributed by atoms with Gasteiger partial charge in [-0.15, -0.1) is 0 Å². The van der Waals surface area contributed by atoms with Crippen LogP contribution in [0.3, 0.4) is 0 Å². The molecule has 1 fully saturated rings. The van der Waals surface area contributed by atoms with Gasteiger partial charge in [-0.1, -0.05) is 25.1 Å². The summed E-state index contributed by atoms with van der Waals surface area (Å²) < 4.78 is 0. The van der Waals surface area contributed by atoms with E-state index in [1.807, 2.05) is 0 Å². The van der Waals surface area contributed by atoms with Gasteiger partial charge in [-0.25, -0.2) is 0 Å². The van der Waals surface area contributed by atoms with Gasteiger partial charge in [-0.3, -0.25) is 0 Å². The lowest BCUT2D eigenvalue weighted by molar-refractivity contribution is 0.424. The standard InChI is InChI=1S/C18H29N/c1-4-13-19-18(16-11-12-16)10-6-9-17-14(2)7-5-8-15(17)3/h5,7-8,16,18-19H,4,6,9-13H2,1-3H3. The monoisotopic (exact) mass is 259 g/mol. The lowest BCUT2D eigenvalue weighted by Gasteiger charge is -2.18. The van der Waals surface area contributed by atoms with E-state index >= 15 is 0 Å². The Morgan fingerprint density at radius 1 is 1.21 bits per heavy atom. The SMILES string of the molecule is CCCNC(CCCc1c(C)cccc1C)C1CC1. The van der Waals surface area contributed by atoms with Crippen LogP contribution >= 0.6 is 0 Å². The molecule has 1 aromatic rings. The highest BCUT2D eigenvalue weighted by Crippen LogP contribution is 2.34. The van der Waals surface area contributed by atoms with E-state index in [9.17, 15) is 0 Å². The number of nitrogens with one attached hydrogen (secondary N) is 1. The van der Waals surface area contributed by atoms with Gasteiger partial charge < -0.3 is 5.32 Å². The fourth-order valence-corrected chi connectivity index (χ4v) is 3.07. The topological polar surface area (TPSA) is 12.0 Å². The Hall–Kier alpha value is -0.820. The van der Waals surface area contributed by atoms with E-state index in [4.69, 9.17) is 0 Å². The molecule has 0 aliphatic heterocycles.